The summed E-state index contributed by atoms with van der Waals surface area (Å²) in [5, 5.41) is 0. The van der Waals surface area contributed by atoms with Gasteiger partial charge in [0.1, 0.15) is 0 Å². The largest absolute Gasteiger partial charge is 0.465 e. The van der Waals surface area contributed by atoms with Crippen LogP contribution in [0.15, 0.2) is 48.5 Å². The van der Waals surface area contributed by atoms with Crippen LogP contribution >= 0.6 is 0 Å². The van der Waals surface area contributed by atoms with Crippen LogP contribution in [0.4, 0.5) is 5.69 Å². The van der Waals surface area contributed by atoms with E-state index < -0.39 is 0 Å². The first-order chi connectivity index (χ1) is 11.2. The number of nitrogens with two attached hydrogens (primary N) is 1. The zero-order valence-corrected chi connectivity index (χ0v) is 13.5. The third-order valence-corrected chi connectivity index (χ3v) is 4.54. The van der Waals surface area contributed by atoms with Crippen molar-refractivity contribution in [3.63, 3.8) is 0 Å². The van der Waals surface area contributed by atoms with E-state index in [0.29, 0.717) is 18.2 Å². The Labute approximate surface area is 136 Å². The van der Waals surface area contributed by atoms with E-state index in [-0.39, 0.29) is 12.0 Å². The molecule has 0 spiro atoms. The van der Waals surface area contributed by atoms with Crippen LogP contribution in [0.25, 0.3) is 0 Å². The van der Waals surface area contributed by atoms with Gasteiger partial charge in [0.15, 0.2) is 0 Å². The molecule has 0 bridgehead atoms. The molecule has 2 aromatic carbocycles. The maximum Gasteiger partial charge on any atom is 0.337 e. The molecule has 4 heteroatoms. The fourth-order valence-electron chi connectivity index (χ4n) is 3.43. The molecule has 0 fully saturated rings. The predicted molar refractivity (Wildman–Crippen MR) is 91.7 cm³/mol. The summed E-state index contributed by atoms with van der Waals surface area (Å²) >= 11 is 0. The minimum Gasteiger partial charge on any atom is -0.465 e. The van der Waals surface area contributed by atoms with E-state index in [0.717, 1.165) is 12.0 Å². The fraction of sp³-hybridized carbons (Fsp3) is 0.316. The molecule has 2 atom stereocenters. The van der Waals surface area contributed by atoms with Crippen LogP contribution in [-0.2, 0) is 11.2 Å². The summed E-state index contributed by atoms with van der Waals surface area (Å²) in [6, 6.07) is 16.5. The highest BCUT2D eigenvalue weighted by Gasteiger charge is 2.31. The lowest BCUT2D eigenvalue weighted by atomic mass is 10.0. The average molecular weight is 310 g/mol. The maximum absolute atomic E-state index is 11.6. The fourth-order valence-corrected chi connectivity index (χ4v) is 3.43. The molecule has 2 N–H and O–H groups in total. The summed E-state index contributed by atoms with van der Waals surface area (Å²) in [5.41, 5.74) is 10.4. The molecule has 0 radical (unpaired) electrons. The number of methoxy groups -OCH3 is 1. The lowest BCUT2D eigenvalue weighted by molar-refractivity contribution is 0.0600. The molecular formula is C19H22N2O2. The van der Waals surface area contributed by atoms with Gasteiger partial charge in [0.25, 0.3) is 0 Å². The molecular weight excluding hydrogens is 288 g/mol. The Morgan fingerprint density at radius 1 is 1.26 bits per heavy atom. The quantitative estimate of drug-likeness (QED) is 0.882. The van der Waals surface area contributed by atoms with Gasteiger partial charge in [-0.15, -0.1) is 0 Å². The summed E-state index contributed by atoms with van der Waals surface area (Å²) in [6.07, 6.45) is 1.03. The number of ether oxygens (including phenoxy) is 1. The van der Waals surface area contributed by atoms with Gasteiger partial charge in [-0.05, 0) is 42.7 Å². The Kier molecular flexibility index (Phi) is 4.35. The second-order valence-corrected chi connectivity index (χ2v) is 5.95. The molecule has 0 saturated heterocycles. The van der Waals surface area contributed by atoms with Gasteiger partial charge < -0.3 is 15.4 Å². The summed E-state index contributed by atoms with van der Waals surface area (Å²) in [5.74, 6) is -0.319. The molecule has 1 aliphatic rings. The number of fused-ring (bicyclic) bond motifs is 1. The number of nitrogens with zero attached hydrogens (tertiary/aromatic N) is 1. The topological polar surface area (TPSA) is 55.6 Å². The van der Waals surface area contributed by atoms with Crippen LogP contribution in [0, 0.1) is 0 Å². The van der Waals surface area contributed by atoms with Crippen LogP contribution in [0.5, 0.6) is 0 Å². The predicted octanol–water partition coefficient (Wildman–Crippen LogP) is 2.92. The third kappa shape index (κ3) is 2.82. The highest BCUT2D eigenvalue weighted by atomic mass is 16.5. The molecule has 0 amide bonds. The molecule has 120 valence electrons. The van der Waals surface area contributed by atoms with E-state index in [2.05, 4.69) is 36.1 Å². The standard InChI is InChI=1S/C19H22N2O2/c1-13-11-16-5-3-4-6-17(16)21(13)18(12-20)14-7-9-15(10-8-14)19(22)23-2/h3-10,13,18H,11-12,20H2,1-2H3. The number of anilines is 1. The van der Waals surface area contributed by atoms with E-state index in [1.807, 2.05) is 12.1 Å². The van der Waals surface area contributed by atoms with Crippen molar-refractivity contribution in [2.24, 2.45) is 5.73 Å². The van der Waals surface area contributed by atoms with Crippen molar-refractivity contribution in [1.82, 2.24) is 0 Å². The van der Waals surface area contributed by atoms with Crippen LogP contribution in [0.2, 0.25) is 0 Å². The summed E-state index contributed by atoms with van der Waals surface area (Å²) < 4.78 is 4.75. The van der Waals surface area contributed by atoms with Gasteiger partial charge in [-0.3, -0.25) is 0 Å². The van der Waals surface area contributed by atoms with Crippen LogP contribution in [0.3, 0.4) is 0 Å². The molecule has 3 rings (SSSR count). The van der Waals surface area contributed by atoms with E-state index in [9.17, 15) is 4.79 Å². The highest BCUT2D eigenvalue weighted by Crippen LogP contribution is 2.38. The minimum atomic E-state index is -0.319. The highest BCUT2D eigenvalue weighted by molar-refractivity contribution is 5.89. The van der Waals surface area contributed by atoms with Crippen LogP contribution in [-0.4, -0.2) is 25.7 Å². The van der Waals surface area contributed by atoms with Crippen molar-refractivity contribution in [3.05, 3.63) is 65.2 Å². The number of carbonyl (C=O) groups excluding carboxylic acids is 1. The van der Waals surface area contributed by atoms with Gasteiger partial charge in [0.2, 0.25) is 0 Å². The lowest BCUT2D eigenvalue weighted by Gasteiger charge is -2.34. The molecule has 23 heavy (non-hydrogen) atoms. The Hall–Kier alpha value is -2.33. The van der Waals surface area contributed by atoms with Crippen LogP contribution in [0.1, 0.15) is 34.5 Å². The Morgan fingerprint density at radius 2 is 1.96 bits per heavy atom. The smallest absolute Gasteiger partial charge is 0.337 e. The zero-order valence-electron chi connectivity index (χ0n) is 13.5. The molecule has 2 unspecified atom stereocenters. The van der Waals surface area contributed by atoms with Crippen molar-refractivity contribution in [3.8, 4) is 0 Å². The van der Waals surface area contributed by atoms with E-state index in [1.165, 1.54) is 18.4 Å². The number of hydrogen-bond donors (Lipinski definition) is 1. The van der Waals surface area contributed by atoms with Gasteiger partial charge in [-0.2, -0.15) is 0 Å². The molecule has 0 saturated carbocycles. The number of benzene rings is 2. The van der Waals surface area contributed by atoms with Crippen molar-refractivity contribution in [1.29, 1.82) is 0 Å². The normalized spacial score (nSPS) is 17.7. The van der Waals surface area contributed by atoms with Crippen molar-refractivity contribution < 1.29 is 9.53 Å². The minimum absolute atomic E-state index is 0.0975. The second-order valence-electron chi connectivity index (χ2n) is 5.95. The monoisotopic (exact) mass is 310 g/mol. The Morgan fingerprint density at radius 3 is 2.61 bits per heavy atom. The maximum atomic E-state index is 11.6. The van der Waals surface area contributed by atoms with Crippen molar-refractivity contribution in [2.75, 3.05) is 18.6 Å². The van der Waals surface area contributed by atoms with Crippen molar-refractivity contribution in [2.45, 2.75) is 25.4 Å². The van der Waals surface area contributed by atoms with E-state index in [1.54, 1.807) is 12.1 Å². The molecule has 0 aliphatic carbocycles. The van der Waals surface area contributed by atoms with E-state index >= 15 is 0 Å². The SMILES string of the molecule is COC(=O)c1ccc(C(CN)N2c3ccccc3CC2C)cc1. The molecule has 1 aliphatic heterocycles. The number of rotatable bonds is 4. The number of esters is 1. The Bertz CT molecular complexity index is 697. The lowest BCUT2D eigenvalue weighted by Crippen LogP contribution is -2.37. The number of hydrogen-bond acceptors (Lipinski definition) is 4. The van der Waals surface area contributed by atoms with Gasteiger partial charge in [-0.1, -0.05) is 30.3 Å². The summed E-state index contributed by atoms with van der Waals surface area (Å²) in [6.45, 7) is 2.75. The third-order valence-electron chi connectivity index (χ3n) is 4.54. The number of para-hydroxylation sites is 1. The zero-order chi connectivity index (χ0) is 16.4. The number of carbonyl (C=O) groups is 1. The van der Waals surface area contributed by atoms with Gasteiger partial charge >= 0.3 is 5.97 Å². The molecule has 0 aromatic heterocycles. The molecule has 2 aromatic rings. The first-order valence-electron chi connectivity index (χ1n) is 7.90. The van der Waals surface area contributed by atoms with E-state index in [4.69, 9.17) is 10.5 Å². The molecule has 1 heterocycles. The van der Waals surface area contributed by atoms with Gasteiger partial charge in [-0.25, -0.2) is 4.79 Å². The first-order valence-corrected chi connectivity index (χ1v) is 7.90. The van der Waals surface area contributed by atoms with Crippen LogP contribution < -0.4 is 10.6 Å². The Balaban J connectivity index is 1.92. The average Bonchev–Trinajstić information content (AvgIpc) is 2.92. The molecule has 4 nitrogen and oxygen atoms in total. The summed E-state index contributed by atoms with van der Waals surface area (Å²) in [4.78, 5) is 14.0. The second kappa shape index (κ2) is 6.42. The summed E-state index contributed by atoms with van der Waals surface area (Å²) in [7, 11) is 1.39. The van der Waals surface area contributed by atoms with Gasteiger partial charge in [0, 0.05) is 18.3 Å². The first kappa shape index (κ1) is 15.6. The van der Waals surface area contributed by atoms with Gasteiger partial charge in [0.05, 0.1) is 18.7 Å². The van der Waals surface area contributed by atoms with Crippen molar-refractivity contribution >= 4 is 11.7 Å².